The second kappa shape index (κ2) is 17.9. The lowest BCUT2D eigenvalue weighted by Crippen LogP contribution is -2.54. The number of halogens is 2. The number of piperidine rings is 2. The molecule has 3 fully saturated rings. The van der Waals surface area contributed by atoms with Gasteiger partial charge in [0, 0.05) is 64.7 Å². The molecule has 0 radical (unpaired) electrons. The fourth-order valence-corrected chi connectivity index (χ4v) is 8.27. The third-order valence-corrected chi connectivity index (χ3v) is 11.6. The zero-order valence-electron chi connectivity index (χ0n) is 34.0. The maximum Gasteiger partial charge on any atom is 0.284 e. The topological polar surface area (TPSA) is 211 Å². The summed E-state index contributed by atoms with van der Waals surface area (Å²) in [5.41, 5.74) is 1.64. The van der Waals surface area contributed by atoms with E-state index in [0.717, 1.165) is 36.4 Å². The second-order valence-corrected chi connectivity index (χ2v) is 15.7. The van der Waals surface area contributed by atoms with Gasteiger partial charge < -0.3 is 25.0 Å². The van der Waals surface area contributed by atoms with Gasteiger partial charge >= 0.3 is 0 Å². The van der Waals surface area contributed by atoms with Crippen molar-refractivity contribution < 1.29 is 42.2 Å². The van der Waals surface area contributed by atoms with Crippen LogP contribution in [0.2, 0.25) is 0 Å². The first-order valence-corrected chi connectivity index (χ1v) is 20.8. The molecule has 0 saturated carbocycles. The number of hydrogen-bond acceptors (Lipinski definition) is 14. The fourth-order valence-electron chi connectivity index (χ4n) is 8.27. The van der Waals surface area contributed by atoms with Gasteiger partial charge in [-0.2, -0.15) is 10.2 Å². The van der Waals surface area contributed by atoms with Crippen LogP contribution in [0.15, 0.2) is 61.2 Å². The van der Waals surface area contributed by atoms with E-state index in [1.165, 1.54) is 33.9 Å². The van der Waals surface area contributed by atoms with Gasteiger partial charge in [0.2, 0.25) is 11.8 Å². The van der Waals surface area contributed by atoms with E-state index in [-0.39, 0.29) is 47.1 Å². The predicted molar refractivity (Wildman–Crippen MR) is 221 cm³/mol. The number of carbonyl (C=O) groups excluding carboxylic acids is 5. The van der Waals surface area contributed by atoms with Crippen molar-refractivity contribution in [2.45, 2.75) is 57.2 Å². The molecule has 5 aromatic rings. The number of amides is 5. The summed E-state index contributed by atoms with van der Waals surface area (Å²) < 4.78 is 42.8. The van der Waals surface area contributed by atoms with Crippen LogP contribution < -0.4 is 20.9 Å². The van der Waals surface area contributed by atoms with Crippen LogP contribution in [0, 0.1) is 0 Å². The van der Waals surface area contributed by atoms with E-state index >= 15 is 0 Å². The number of benzene rings is 1. The number of likely N-dealkylation sites (tertiary alicyclic amines) is 1. The number of rotatable bonds is 14. The SMILES string of the molecule is O=C1CCC(N2C(=O)c3ccnc(NCCCOC4CCN(Cc5ccc(-n6cc(NC(=O)c7cnn8ccc(N9CCOCC9)nc78)c(C(F)F)n6)cc5)CC4)c3C2=O)C(=O)N1. The summed E-state index contributed by atoms with van der Waals surface area (Å²) in [4.78, 5) is 78.0. The molecule has 1 aromatic carbocycles. The molecule has 19 nitrogen and oxygen atoms in total. The molecule has 0 aliphatic carbocycles. The molecular weight excluding hydrogens is 823 g/mol. The lowest BCUT2D eigenvalue weighted by Gasteiger charge is -2.32. The molecule has 9 rings (SSSR count). The molecule has 0 bridgehead atoms. The molecule has 8 heterocycles. The maximum atomic E-state index is 14.2. The molecule has 21 heteroatoms. The van der Waals surface area contributed by atoms with Gasteiger partial charge in [-0.15, -0.1) is 0 Å². The van der Waals surface area contributed by atoms with Crippen LogP contribution in [0.1, 0.15) is 80.9 Å². The third kappa shape index (κ3) is 8.71. The molecule has 3 saturated heterocycles. The van der Waals surface area contributed by atoms with Gasteiger partial charge in [0.15, 0.2) is 11.3 Å². The van der Waals surface area contributed by atoms with Gasteiger partial charge in [0.05, 0.1) is 54.2 Å². The normalized spacial score (nSPS) is 18.7. The van der Waals surface area contributed by atoms with Crippen molar-refractivity contribution in [1.29, 1.82) is 0 Å². The molecule has 1 unspecified atom stereocenters. The Kier molecular flexibility index (Phi) is 11.9. The van der Waals surface area contributed by atoms with E-state index in [9.17, 15) is 32.8 Å². The zero-order valence-corrected chi connectivity index (χ0v) is 34.0. The quantitative estimate of drug-likeness (QED) is 0.108. The first-order chi connectivity index (χ1) is 30.6. The average Bonchev–Trinajstić information content (AvgIpc) is 3.99. The summed E-state index contributed by atoms with van der Waals surface area (Å²) in [6.45, 7) is 5.69. The standard InChI is InChI=1S/C42H44F2N12O7/c43-36(44)35-30(48-39(58)29-22-47-54-16-11-32(49-38(29)54)53-17-20-62-21-18-53)24-55(51-35)26-4-2-25(3-5-26)23-52-14-9-27(10-15-52)63-19-1-12-45-37-34-28(8-13-46-37)41(60)56(42(34)61)31-6-7-33(57)50-40(31)59/h2-5,8,11,13,16,22,24,27,31,36H,1,6-7,9-10,12,14-15,17-21,23H2,(H,45,46)(H,48,58)(H,50,57,59). The lowest BCUT2D eigenvalue weighted by molar-refractivity contribution is -0.136. The highest BCUT2D eigenvalue weighted by atomic mass is 19.3. The van der Waals surface area contributed by atoms with E-state index in [1.807, 2.05) is 17.0 Å². The number of aromatic nitrogens is 6. The van der Waals surface area contributed by atoms with Crippen LogP contribution in [0.4, 0.5) is 26.1 Å². The minimum atomic E-state index is -2.94. The van der Waals surface area contributed by atoms with Crippen LogP contribution in [0.5, 0.6) is 0 Å². The number of morpholine rings is 1. The van der Waals surface area contributed by atoms with Crippen LogP contribution in [0.3, 0.4) is 0 Å². The summed E-state index contributed by atoms with van der Waals surface area (Å²) in [5.74, 6) is -2.01. The largest absolute Gasteiger partial charge is 0.378 e. The molecular formula is C42H44F2N12O7. The minimum absolute atomic E-state index is 0.0408. The zero-order chi connectivity index (χ0) is 43.6. The summed E-state index contributed by atoms with van der Waals surface area (Å²) in [5, 5.41) is 16.3. The minimum Gasteiger partial charge on any atom is -0.378 e. The number of nitrogens with one attached hydrogen (secondary N) is 3. The number of hydrogen-bond donors (Lipinski definition) is 3. The van der Waals surface area contributed by atoms with Crippen molar-refractivity contribution in [2.24, 2.45) is 0 Å². The summed E-state index contributed by atoms with van der Waals surface area (Å²) in [7, 11) is 0. The van der Waals surface area contributed by atoms with Crippen molar-refractivity contribution >= 4 is 52.5 Å². The van der Waals surface area contributed by atoms with Gasteiger partial charge in [-0.1, -0.05) is 12.1 Å². The van der Waals surface area contributed by atoms with Gasteiger partial charge in [0.1, 0.15) is 23.2 Å². The van der Waals surface area contributed by atoms with E-state index in [1.54, 1.807) is 24.4 Å². The number of alkyl halides is 2. The van der Waals surface area contributed by atoms with Crippen molar-refractivity contribution in [2.75, 3.05) is 68.1 Å². The average molecular weight is 867 g/mol. The van der Waals surface area contributed by atoms with Crippen LogP contribution in [-0.4, -0.2) is 133 Å². The number of nitrogens with zero attached hydrogens (tertiary/aromatic N) is 9. The molecule has 5 amide bonds. The summed E-state index contributed by atoms with van der Waals surface area (Å²) >= 11 is 0. The predicted octanol–water partition coefficient (Wildman–Crippen LogP) is 3.22. The Hall–Kier alpha value is -6.71. The van der Waals surface area contributed by atoms with Crippen LogP contribution in [-0.2, 0) is 25.6 Å². The van der Waals surface area contributed by atoms with Crippen molar-refractivity contribution in [3.63, 3.8) is 0 Å². The number of ether oxygens (including phenoxy) is 2. The maximum absolute atomic E-state index is 14.2. The highest BCUT2D eigenvalue weighted by Crippen LogP contribution is 2.32. The van der Waals surface area contributed by atoms with Crippen LogP contribution >= 0.6 is 0 Å². The first kappa shape index (κ1) is 41.6. The molecule has 1 atom stereocenters. The Balaban J connectivity index is 0.735. The molecule has 4 aliphatic heterocycles. The first-order valence-electron chi connectivity index (χ1n) is 20.8. The van der Waals surface area contributed by atoms with Gasteiger partial charge in [-0.3, -0.25) is 39.1 Å². The van der Waals surface area contributed by atoms with Crippen molar-refractivity contribution in [3.05, 3.63) is 89.1 Å². The Morgan fingerprint density at radius 1 is 0.984 bits per heavy atom. The molecule has 0 spiro atoms. The lowest BCUT2D eigenvalue weighted by atomic mass is 10.0. The smallest absolute Gasteiger partial charge is 0.284 e. The van der Waals surface area contributed by atoms with Gasteiger partial charge in [-0.05, 0) is 55.5 Å². The van der Waals surface area contributed by atoms with Crippen molar-refractivity contribution in [1.82, 2.24) is 44.5 Å². The van der Waals surface area contributed by atoms with E-state index in [0.29, 0.717) is 69.6 Å². The number of anilines is 3. The van der Waals surface area contributed by atoms with Gasteiger partial charge in [0.25, 0.3) is 24.1 Å². The monoisotopic (exact) mass is 866 g/mol. The fraction of sp³-hybridized carbons (Fsp3) is 0.405. The third-order valence-electron chi connectivity index (χ3n) is 11.6. The molecule has 3 N–H and O–H groups in total. The van der Waals surface area contributed by atoms with E-state index < -0.39 is 47.7 Å². The number of pyridine rings is 1. The number of imide groups is 2. The van der Waals surface area contributed by atoms with Gasteiger partial charge in [-0.25, -0.2) is 27.9 Å². The summed E-state index contributed by atoms with van der Waals surface area (Å²) in [6, 6.07) is 9.67. The van der Waals surface area contributed by atoms with Crippen LogP contribution in [0.25, 0.3) is 11.3 Å². The highest BCUT2D eigenvalue weighted by molar-refractivity contribution is 6.25. The molecule has 63 heavy (non-hydrogen) atoms. The van der Waals surface area contributed by atoms with E-state index in [4.69, 9.17) is 9.47 Å². The molecule has 4 aliphatic rings. The molecule has 328 valence electrons. The number of carbonyl (C=O) groups is 5. The Bertz CT molecular complexity index is 2550. The Morgan fingerprint density at radius 3 is 2.54 bits per heavy atom. The Morgan fingerprint density at radius 2 is 1.78 bits per heavy atom. The summed E-state index contributed by atoms with van der Waals surface area (Å²) in [6.07, 6.45) is 5.43. The van der Waals surface area contributed by atoms with Crippen molar-refractivity contribution in [3.8, 4) is 5.69 Å². The number of fused-ring (bicyclic) bond motifs is 2. The second-order valence-electron chi connectivity index (χ2n) is 15.7. The molecule has 4 aromatic heterocycles. The Labute approximate surface area is 358 Å². The van der Waals surface area contributed by atoms with E-state index in [2.05, 4.69) is 41.0 Å². The highest BCUT2D eigenvalue weighted by Gasteiger charge is 2.46.